The molecule has 0 aliphatic rings. The number of non-ortho nitro benzene ring substituents is 1. The lowest BCUT2D eigenvalue weighted by atomic mass is 10.1. The molecular weight excluding hydrogens is 512 g/mol. The number of nitrogens with one attached hydrogen (secondary N) is 1. The van der Waals surface area contributed by atoms with Crippen LogP contribution in [0.2, 0.25) is 0 Å². The Balaban J connectivity index is 2.52. The van der Waals surface area contributed by atoms with Crippen LogP contribution in [0, 0.1) is 17.0 Å². The van der Waals surface area contributed by atoms with Crippen molar-refractivity contribution in [2.45, 2.75) is 59.2 Å². The zero-order valence-corrected chi connectivity index (χ0v) is 23.4. The van der Waals surface area contributed by atoms with Gasteiger partial charge in [0.15, 0.2) is 0 Å². The SMILES string of the molecule is CC[C@H](C)NC(=O)[C@H](CC)N(Cc1ccc(OC)cc1)C(=O)CN(c1cc([N+](=O)[O-])ccc1C)S(C)(=O)=O. The maximum atomic E-state index is 13.8. The Labute approximate surface area is 224 Å². The zero-order valence-electron chi connectivity index (χ0n) is 22.6. The molecule has 2 atom stereocenters. The van der Waals surface area contributed by atoms with Crippen LogP contribution in [-0.2, 0) is 26.2 Å². The smallest absolute Gasteiger partial charge is 0.271 e. The molecule has 0 aliphatic carbocycles. The minimum atomic E-state index is -4.02. The number of nitrogens with zero attached hydrogens (tertiary/aromatic N) is 3. The molecule has 2 aromatic rings. The summed E-state index contributed by atoms with van der Waals surface area (Å²) in [7, 11) is -2.49. The lowest BCUT2D eigenvalue weighted by Crippen LogP contribution is -2.53. The first kappa shape index (κ1) is 30.6. The van der Waals surface area contributed by atoms with Crippen LogP contribution in [0.15, 0.2) is 42.5 Å². The number of nitro benzene ring substituents is 1. The van der Waals surface area contributed by atoms with Gasteiger partial charge in [0.05, 0.1) is 24.0 Å². The van der Waals surface area contributed by atoms with Crippen molar-refractivity contribution in [2.24, 2.45) is 0 Å². The van der Waals surface area contributed by atoms with E-state index >= 15 is 0 Å². The number of anilines is 1. The molecule has 0 saturated carbocycles. The highest BCUT2D eigenvalue weighted by molar-refractivity contribution is 7.92. The maximum absolute atomic E-state index is 13.8. The second-order valence-electron chi connectivity index (χ2n) is 9.11. The fourth-order valence-corrected chi connectivity index (χ4v) is 4.76. The molecule has 2 amide bonds. The predicted octanol–water partition coefficient (Wildman–Crippen LogP) is 3.40. The molecule has 0 spiro atoms. The quantitative estimate of drug-likeness (QED) is 0.299. The number of nitro groups is 1. The number of carbonyl (C=O) groups is 2. The number of sulfonamides is 1. The predicted molar refractivity (Wildman–Crippen MR) is 146 cm³/mol. The summed E-state index contributed by atoms with van der Waals surface area (Å²) in [5.41, 5.74) is 0.876. The molecule has 0 unspecified atom stereocenters. The number of methoxy groups -OCH3 is 1. The molecule has 2 aromatic carbocycles. The van der Waals surface area contributed by atoms with Crippen molar-refractivity contribution in [1.29, 1.82) is 0 Å². The minimum absolute atomic E-state index is 0.0246. The number of amides is 2. The average Bonchev–Trinajstić information content (AvgIpc) is 2.86. The van der Waals surface area contributed by atoms with E-state index in [2.05, 4.69) is 5.32 Å². The van der Waals surface area contributed by atoms with Gasteiger partial charge in [0.25, 0.3) is 5.69 Å². The second kappa shape index (κ2) is 13.2. The lowest BCUT2D eigenvalue weighted by Gasteiger charge is -2.33. The van der Waals surface area contributed by atoms with Crippen LogP contribution in [0.1, 0.15) is 44.7 Å². The number of ether oxygens (including phenoxy) is 1. The molecule has 2 rings (SSSR count). The minimum Gasteiger partial charge on any atom is -0.497 e. The van der Waals surface area contributed by atoms with Crippen LogP contribution in [0.25, 0.3) is 0 Å². The summed E-state index contributed by atoms with van der Waals surface area (Å²) in [5, 5.41) is 14.2. The number of hydrogen-bond donors (Lipinski definition) is 1. The van der Waals surface area contributed by atoms with E-state index in [1.54, 1.807) is 38.1 Å². The molecule has 208 valence electrons. The summed E-state index contributed by atoms with van der Waals surface area (Å²) in [5.74, 6) is -0.345. The van der Waals surface area contributed by atoms with Crippen LogP contribution >= 0.6 is 0 Å². The Morgan fingerprint density at radius 2 is 1.74 bits per heavy atom. The Bertz CT molecular complexity index is 1250. The van der Waals surface area contributed by atoms with Crippen molar-refractivity contribution >= 4 is 33.2 Å². The van der Waals surface area contributed by atoms with Crippen molar-refractivity contribution in [3.05, 3.63) is 63.7 Å². The monoisotopic (exact) mass is 548 g/mol. The third kappa shape index (κ3) is 7.91. The van der Waals surface area contributed by atoms with Crippen LogP contribution in [0.5, 0.6) is 5.75 Å². The molecule has 0 fully saturated rings. The molecule has 11 nitrogen and oxygen atoms in total. The number of rotatable bonds is 13. The molecule has 0 bridgehead atoms. The van der Waals surface area contributed by atoms with Crippen LogP contribution in [-0.4, -0.2) is 62.0 Å². The molecular formula is C26H36N4O7S. The fourth-order valence-electron chi connectivity index (χ4n) is 3.86. The van der Waals surface area contributed by atoms with Crippen LogP contribution in [0.3, 0.4) is 0 Å². The average molecular weight is 549 g/mol. The van der Waals surface area contributed by atoms with Crippen molar-refractivity contribution in [3.63, 3.8) is 0 Å². The number of benzene rings is 2. The van der Waals surface area contributed by atoms with Crippen molar-refractivity contribution in [3.8, 4) is 5.75 Å². The first-order chi connectivity index (χ1) is 17.8. The summed E-state index contributed by atoms with van der Waals surface area (Å²) >= 11 is 0. The van der Waals surface area contributed by atoms with Crippen molar-refractivity contribution in [2.75, 3.05) is 24.2 Å². The molecule has 1 N–H and O–H groups in total. The largest absolute Gasteiger partial charge is 0.497 e. The summed E-state index contributed by atoms with van der Waals surface area (Å²) in [6.07, 6.45) is 1.92. The Morgan fingerprint density at radius 3 is 2.24 bits per heavy atom. The van der Waals surface area contributed by atoms with Crippen molar-refractivity contribution in [1.82, 2.24) is 10.2 Å². The maximum Gasteiger partial charge on any atom is 0.271 e. The van der Waals surface area contributed by atoms with Crippen LogP contribution in [0.4, 0.5) is 11.4 Å². The van der Waals surface area contributed by atoms with E-state index in [4.69, 9.17) is 4.74 Å². The zero-order chi connectivity index (χ0) is 28.6. The van der Waals surface area contributed by atoms with Gasteiger partial charge in [-0.15, -0.1) is 0 Å². The third-order valence-corrected chi connectivity index (χ3v) is 7.38. The van der Waals surface area contributed by atoms with Gasteiger partial charge in [0.1, 0.15) is 18.3 Å². The summed E-state index contributed by atoms with van der Waals surface area (Å²) in [6, 6.07) is 9.82. The van der Waals surface area contributed by atoms with E-state index in [9.17, 15) is 28.1 Å². The standard InChI is InChI=1S/C26H36N4O7S/c1-7-19(4)27-26(32)23(8-2)28(16-20-10-13-22(37-5)14-11-20)25(31)17-29(38(6,35)36)24-15-21(30(33)34)12-9-18(24)3/h9-15,19,23H,7-8,16-17H2,1-6H3,(H,27,32)/t19-,23-/m0/s1. The highest BCUT2D eigenvalue weighted by Gasteiger charge is 2.33. The summed E-state index contributed by atoms with van der Waals surface area (Å²) in [6.45, 7) is 6.57. The molecule has 0 radical (unpaired) electrons. The van der Waals surface area contributed by atoms with E-state index < -0.39 is 33.4 Å². The molecule has 0 aliphatic heterocycles. The van der Waals surface area contributed by atoms with E-state index in [1.807, 2.05) is 13.8 Å². The first-order valence-electron chi connectivity index (χ1n) is 12.3. The van der Waals surface area contributed by atoms with E-state index in [0.29, 0.717) is 29.7 Å². The van der Waals surface area contributed by atoms with E-state index in [1.165, 1.54) is 24.1 Å². The second-order valence-corrected chi connectivity index (χ2v) is 11.0. The van der Waals surface area contributed by atoms with Gasteiger partial charge in [-0.3, -0.25) is 24.0 Å². The fraction of sp³-hybridized carbons (Fsp3) is 0.462. The lowest BCUT2D eigenvalue weighted by molar-refractivity contribution is -0.384. The number of aryl methyl sites for hydroxylation is 1. The topological polar surface area (TPSA) is 139 Å². The summed E-state index contributed by atoms with van der Waals surface area (Å²) < 4.78 is 31.6. The highest BCUT2D eigenvalue weighted by atomic mass is 32.2. The third-order valence-electron chi connectivity index (χ3n) is 6.25. The number of carbonyl (C=O) groups excluding carboxylic acids is 2. The molecule has 0 heterocycles. The van der Waals surface area contributed by atoms with Gasteiger partial charge < -0.3 is 15.0 Å². The van der Waals surface area contributed by atoms with Gasteiger partial charge in [-0.1, -0.05) is 32.0 Å². The van der Waals surface area contributed by atoms with E-state index in [0.717, 1.165) is 16.6 Å². The van der Waals surface area contributed by atoms with Gasteiger partial charge >= 0.3 is 0 Å². The van der Waals surface area contributed by atoms with Gasteiger partial charge in [0.2, 0.25) is 21.8 Å². The Hall–Kier alpha value is -3.67. The molecule has 12 heteroatoms. The first-order valence-corrected chi connectivity index (χ1v) is 14.1. The Kier molecular flexibility index (Phi) is 10.6. The van der Waals surface area contributed by atoms with Gasteiger partial charge in [0, 0.05) is 24.7 Å². The van der Waals surface area contributed by atoms with Gasteiger partial charge in [-0.25, -0.2) is 8.42 Å². The normalized spacial score (nSPS) is 12.8. The van der Waals surface area contributed by atoms with Gasteiger partial charge in [-0.05, 0) is 49.9 Å². The molecule has 0 saturated heterocycles. The Morgan fingerprint density at radius 1 is 1.11 bits per heavy atom. The molecule has 0 aromatic heterocycles. The highest BCUT2D eigenvalue weighted by Crippen LogP contribution is 2.28. The molecule has 38 heavy (non-hydrogen) atoms. The van der Waals surface area contributed by atoms with Crippen LogP contribution < -0.4 is 14.4 Å². The number of hydrogen-bond acceptors (Lipinski definition) is 7. The van der Waals surface area contributed by atoms with E-state index in [-0.39, 0.29) is 29.9 Å². The van der Waals surface area contributed by atoms with Gasteiger partial charge in [-0.2, -0.15) is 0 Å². The van der Waals surface area contributed by atoms with Crippen molar-refractivity contribution < 1.29 is 27.7 Å². The summed E-state index contributed by atoms with van der Waals surface area (Å²) in [4.78, 5) is 39.0.